The average Bonchev–Trinajstić information content (AvgIpc) is 2.97. The van der Waals surface area contributed by atoms with E-state index in [0.717, 1.165) is 16.0 Å². The Morgan fingerprint density at radius 2 is 1.72 bits per heavy atom. The SMILES string of the molecule is COC(=O)c1c(NC(=O)COC(=O)c2ccc(COC(C)C)cc2)sc(C)c1C. The number of anilines is 1. The molecule has 1 N–H and O–H groups in total. The Hall–Kier alpha value is -2.71. The summed E-state index contributed by atoms with van der Waals surface area (Å²) in [6.45, 7) is 7.51. The Bertz CT molecular complexity index is 885. The Labute approximate surface area is 174 Å². The summed E-state index contributed by atoms with van der Waals surface area (Å²) in [6, 6.07) is 6.80. The molecule has 1 aromatic carbocycles. The fourth-order valence-corrected chi connectivity index (χ4v) is 3.50. The van der Waals surface area contributed by atoms with E-state index in [1.54, 1.807) is 31.2 Å². The molecule has 2 aromatic rings. The summed E-state index contributed by atoms with van der Waals surface area (Å²) in [6.07, 6.45) is 0.119. The van der Waals surface area contributed by atoms with Crippen LogP contribution in [0, 0.1) is 13.8 Å². The van der Waals surface area contributed by atoms with Crippen molar-refractivity contribution in [2.24, 2.45) is 0 Å². The summed E-state index contributed by atoms with van der Waals surface area (Å²) in [5.41, 5.74) is 2.33. The lowest BCUT2D eigenvalue weighted by molar-refractivity contribution is -0.119. The lowest BCUT2D eigenvalue weighted by atomic mass is 10.1. The number of esters is 2. The zero-order chi connectivity index (χ0) is 21.6. The fourth-order valence-electron chi connectivity index (χ4n) is 2.44. The molecule has 0 unspecified atom stereocenters. The standard InChI is InChI=1S/C21H25NO6S/c1-12(2)27-10-15-6-8-16(9-7-15)20(24)28-11-17(23)22-19-18(21(25)26-5)13(3)14(4)29-19/h6-9,12H,10-11H2,1-5H3,(H,22,23). The van der Waals surface area contributed by atoms with Crippen molar-refractivity contribution in [1.29, 1.82) is 0 Å². The second kappa shape index (κ2) is 10.2. The van der Waals surface area contributed by atoms with Crippen LogP contribution in [0.1, 0.15) is 50.6 Å². The topological polar surface area (TPSA) is 90.9 Å². The van der Waals surface area contributed by atoms with E-state index in [1.165, 1.54) is 18.4 Å². The predicted octanol–water partition coefficient (Wildman–Crippen LogP) is 3.87. The van der Waals surface area contributed by atoms with Gasteiger partial charge in [-0.1, -0.05) is 12.1 Å². The van der Waals surface area contributed by atoms with E-state index >= 15 is 0 Å². The van der Waals surface area contributed by atoms with Gasteiger partial charge in [0.1, 0.15) is 5.00 Å². The van der Waals surface area contributed by atoms with Crippen LogP contribution < -0.4 is 5.32 Å². The number of hydrogen-bond acceptors (Lipinski definition) is 7. The summed E-state index contributed by atoms with van der Waals surface area (Å²) in [5.74, 6) is -1.67. The molecule has 0 saturated heterocycles. The Kier molecular flexibility index (Phi) is 7.92. The van der Waals surface area contributed by atoms with Crippen LogP contribution in [0.25, 0.3) is 0 Å². The van der Waals surface area contributed by atoms with Crippen LogP contribution in [0.15, 0.2) is 24.3 Å². The molecule has 0 fully saturated rings. The summed E-state index contributed by atoms with van der Waals surface area (Å²) in [4.78, 5) is 37.2. The Morgan fingerprint density at radius 1 is 1.07 bits per heavy atom. The van der Waals surface area contributed by atoms with Crippen molar-refractivity contribution < 1.29 is 28.6 Å². The lowest BCUT2D eigenvalue weighted by Crippen LogP contribution is -2.21. The number of hydrogen-bond donors (Lipinski definition) is 1. The van der Waals surface area contributed by atoms with Crippen molar-refractivity contribution in [2.45, 2.75) is 40.4 Å². The molecule has 1 amide bonds. The Morgan fingerprint density at radius 3 is 2.31 bits per heavy atom. The molecule has 29 heavy (non-hydrogen) atoms. The number of aryl methyl sites for hydroxylation is 1. The molecule has 0 spiro atoms. The van der Waals surface area contributed by atoms with Crippen molar-refractivity contribution >= 4 is 34.2 Å². The molecule has 0 saturated carbocycles. The summed E-state index contributed by atoms with van der Waals surface area (Å²) >= 11 is 1.27. The highest BCUT2D eigenvalue weighted by Crippen LogP contribution is 2.32. The number of rotatable bonds is 8. The van der Waals surface area contributed by atoms with E-state index in [4.69, 9.17) is 14.2 Å². The second-order valence-electron chi connectivity index (χ2n) is 6.66. The minimum absolute atomic E-state index is 0.119. The molecule has 0 aliphatic carbocycles. The van der Waals surface area contributed by atoms with Crippen LogP contribution in [-0.4, -0.2) is 37.7 Å². The van der Waals surface area contributed by atoms with Gasteiger partial charge in [0.2, 0.25) is 0 Å². The molecule has 0 atom stereocenters. The van der Waals surface area contributed by atoms with Gasteiger partial charge in [0.25, 0.3) is 5.91 Å². The van der Waals surface area contributed by atoms with Gasteiger partial charge in [0.15, 0.2) is 6.61 Å². The highest BCUT2D eigenvalue weighted by atomic mass is 32.1. The normalized spacial score (nSPS) is 10.7. The van der Waals surface area contributed by atoms with Gasteiger partial charge in [-0.2, -0.15) is 0 Å². The molecular weight excluding hydrogens is 394 g/mol. The van der Waals surface area contributed by atoms with Crippen molar-refractivity contribution in [3.63, 3.8) is 0 Å². The molecule has 7 nitrogen and oxygen atoms in total. The van der Waals surface area contributed by atoms with Crippen LogP contribution in [0.3, 0.4) is 0 Å². The van der Waals surface area contributed by atoms with Gasteiger partial charge in [0.05, 0.1) is 30.9 Å². The maximum atomic E-state index is 12.2. The molecule has 0 bridgehead atoms. The third-order valence-corrected chi connectivity index (χ3v) is 5.26. The van der Waals surface area contributed by atoms with Crippen LogP contribution in [0.4, 0.5) is 5.00 Å². The van der Waals surface area contributed by atoms with E-state index < -0.39 is 24.5 Å². The molecule has 0 aliphatic heterocycles. The van der Waals surface area contributed by atoms with Crippen molar-refractivity contribution in [1.82, 2.24) is 0 Å². The zero-order valence-corrected chi connectivity index (χ0v) is 18.0. The van der Waals surface area contributed by atoms with Crippen LogP contribution in [0.5, 0.6) is 0 Å². The largest absolute Gasteiger partial charge is 0.465 e. The Balaban J connectivity index is 1.93. The molecule has 0 radical (unpaired) electrons. The minimum Gasteiger partial charge on any atom is -0.465 e. The van der Waals surface area contributed by atoms with Crippen molar-refractivity contribution in [2.75, 3.05) is 19.0 Å². The number of methoxy groups -OCH3 is 1. The third kappa shape index (κ3) is 6.13. The average molecular weight is 419 g/mol. The number of ether oxygens (including phenoxy) is 3. The van der Waals surface area contributed by atoms with Gasteiger partial charge in [-0.25, -0.2) is 9.59 Å². The first-order valence-electron chi connectivity index (χ1n) is 9.08. The first-order chi connectivity index (χ1) is 13.7. The van der Waals surface area contributed by atoms with Gasteiger partial charge in [-0.3, -0.25) is 4.79 Å². The molecule has 0 aliphatic rings. The van der Waals surface area contributed by atoms with E-state index in [0.29, 0.717) is 22.7 Å². The number of thiophene rings is 1. The molecular formula is C21H25NO6S. The number of benzene rings is 1. The molecule has 8 heteroatoms. The zero-order valence-electron chi connectivity index (χ0n) is 17.2. The van der Waals surface area contributed by atoms with Gasteiger partial charge < -0.3 is 19.5 Å². The number of nitrogens with one attached hydrogen (secondary N) is 1. The van der Waals surface area contributed by atoms with Gasteiger partial charge in [0, 0.05) is 4.88 Å². The van der Waals surface area contributed by atoms with E-state index in [1.807, 2.05) is 20.8 Å². The van der Waals surface area contributed by atoms with Crippen LogP contribution in [-0.2, 0) is 25.6 Å². The van der Waals surface area contributed by atoms with E-state index in [-0.39, 0.29) is 6.10 Å². The lowest BCUT2D eigenvalue weighted by Gasteiger charge is -2.09. The quantitative estimate of drug-likeness (QED) is 0.653. The number of carbonyl (C=O) groups excluding carboxylic acids is 3. The predicted molar refractivity (Wildman–Crippen MR) is 110 cm³/mol. The summed E-state index contributed by atoms with van der Waals surface area (Å²) < 4.78 is 15.3. The second-order valence-corrected chi connectivity index (χ2v) is 7.88. The highest BCUT2D eigenvalue weighted by Gasteiger charge is 2.22. The first kappa shape index (κ1) is 22.6. The third-order valence-electron chi connectivity index (χ3n) is 4.14. The minimum atomic E-state index is -0.608. The summed E-state index contributed by atoms with van der Waals surface area (Å²) in [7, 11) is 1.28. The molecule has 2 rings (SSSR count). The van der Waals surface area contributed by atoms with Crippen LogP contribution >= 0.6 is 11.3 Å². The summed E-state index contributed by atoms with van der Waals surface area (Å²) in [5, 5.41) is 2.99. The van der Waals surface area contributed by atoms with Crippen LogP contribution in [0.2, 0.25) is 0 Å². The fraction of sp³-hybridized carbons (Fsp3) is 0.381. The first-order valence-corrected chi connectivity index (χ1v) is 9.90. The van der Waals surface area contributed by atoms with E-state index in [2.05, 4.69) is 5.32 Å². The smallest absolute Gasteiger partial charge is 0.341 e. The number of carbonyl (C=O) groups is 3. The number of amides is 1. The van der Waals surface area contributed by atoms with Gasteiger partial charge >= 0.3 is 11.9 Å². The molecule has 156 valence electrons. The van der Waals surface area contributed by atoms with Gasteiger partial charge in [-0.05, 0) is 51.0 Å². The van der Waals surface area contributed by atoms with Crippen molar-refractivity contribution in [3.05, 3.63) is 51.4 Å². The van der Waals surface area contributed by atoms with E-state index in [9.17, 15) is 14.4 Å². The van der Waals surface area contributed by atoms with Gasteiger partial charge in [-0.15, -0.1) is 11.3 Å². The highest BCUT2D eigenvalue weighted by molar-refractivity contribution is 7.16. The molecule has 1 heterocycles. The monoisotopic (exact) mass is 419 g/mol. The maximum Gasteiger partial charge on any atom is 0.341 e. The maximum absolute atomic E-state index is 12.2. The van der Waals surface area contributed by atoms with Crippen molar-refractivity contribution in [3.8, 4) is 0 Å². The molecule has 1 aromatic heterocycles.